The molecule has 0 aliphatic rings. The number of aryl methyl sites for hydroxylation is 1. The number of carbonyl (C=O) groups excluding carboxylic acids is 1. The summed E-state index contributed by atoms with van der Waals surface area (Å²) in [5.41, 5.74) is 2.68. The van der Waals surface area contributed by atoms with Crippen LogP contribution in [0.15, 0.2) is 59.1 Å². The Labute approximate surface area is 169 Å². The molecule has 0 saturated heterocycles. The van der Waals surface area contributed by atoms with Crippen molar-refractivity contribution in [2.24, 2.45) is 0 Å². The summed E-state index contributed by atoms with van der Waals surface area (Å²) >= 11 is 0. The van der Waals surface area contributed by atoms with Gasteiger partial charge in [-0.2, -0.15) is 9.29 Å². The van der Waals surface area contributed by atoms with E-state index in [2.05, 4.69) is 15.5 Å². The van der Waals surface area contributed by atoms with E-state index in [1.54, 1.807) is 12.1 Å². The Morgan fingerprint density at radius 3 is 2.59 bits per heavy atom. The number of carbonyl (C=O) groups is 1. The lowest BCUT2D eigenvalue weighted by Crippen LogP contribution is -2.39. The van der Waals surface area contributed by atoms with Gasteiger partial charge in [0.05, 0.1) is 19.3 Å². The van der Waals surface area contributed by atoms with Gasteiger partial charge < -0.3 is 9.84 Å². The van der Waals surface area contributed by atoms with Crippen molar-refractivity contribution in [1.82, 2.24) is 19.8 Å². The fraction of sp³-hybridized carbons (Fsp3) is 0.250. The van der Waals surface area contributed by atoms with E-state index in [1.165, 1.54) is 0 Å². The number of aromatic nitrogens is 2. The first-order valence-electron chi connectivity index (χ1n) is 8.96. The molecule has 9 heteroatoms. The lowest BCUT2D eigenvalue weighted by molar-refractivity contribution is -0.121. The quantitative estimate of drug-likeness (QED) is 0.605. The summed E-state index contributed by atoms with van der Waals surface area (Å²) in [6.07, 6.45) is 1.08. The van der Waals surface area contributed by atoms with E-state index in [4.69, 9.17) is 4.52 Å². The molecule has 1 heterocycles. The van der Waals surface area contributed by atoms with Crippen LogP contribution in [0, 0.1) is 6.92 Å². The SMILES string of the molecule is Cc1cccc(-c2noc(CNC(=O)CN(Cc3ccccc3)S(C)(=O)=O)n2)c1. The fourth-order valence-corrected chi connectivity index (χ4v) is 3.43. The molecular formula is C20H22N4O4S. The zero-order valence-electron chi connectivity index (χ0n) is 16.2. The number of sulfonamides is 1. The third-order valence-electron chi connectivity index (χ3n) is 4.17. The topological polar surface area (TPSA) is 105 Å². The van der Waals surface area contributed by atoms with Gasteiger partial charge in [0.15, 0.2) is 0 Å². The highest BCUT2D eigenvalue weighted by Crippen LogP contribution is 2.16. The fourth-order valence-electron chi connectivity index (χ4n) is 2.70. The highest BCUT2D eigenvalue weighted by Gasteiger charge is 2.21. The highest BCUT2D eigenvalue weighted by atomic mass is 32.2. The number of nitrogens with one attached hydrogen (secondary N) is 1. The van der Waals surface area contributed by atoms with E-state index in [0.717, 1.165) is 27.3 Å². The monoisotopic (exact) mass is 414 g/mol. The van der Waals surface area contributed by atoms with Crippen molar-refractivity contribution in [2.45, 2.75) is 20.0 Å². The predicted molar refractivity (Wildman–Crippen MR) is 108 cm³/mol. The first-order valence-corrected chi connectivity index (χ1v) is 10.8. The molecule has 3 aromatic rings. The van der Waals surface area contributed by atoms with E-state index >= 15 is 0 Å². The molecule has 3 rings (SSSR count). The molecule has 0 fully saturated rings. The summed E-state index contributed by atoms with van der Waals surface area (Å²) in [6, 6.07) is 16.8. The van der Waals surface area contributed by atoms with Crippen LogP contribution < -0.4 is 5.32 Å². The molecule has 152 valence electrons. The van der Waals surface area contributed by atoms with Crippen LogP contribution in [-0.2, 0) is 27.9 Å². The Morgan fingerprint density at radius 2 is 1.90 bits per heavy atom. The zero-order valence-corrected chi connectivity index (χ0v) is 17.0. The Bertz CT molecular complexity index is 1080. The van der Waals surface area contributed by atoms with E-state index in [0.29, 0.717) is 5.82 Å². The van der Waals surface area contributed by atoms with Gasteiger partial charge in [0.2, 0.25) is 27.6 Å². The molecule has 29 heavy (non-hydrogen) atoms. The second-order valence-corrected chi connectivity index (χ2v) is 8.66. The second kappa shape index (κ2) is 8.97. The number of hydrogen-bond donors (Lipinski definition) is 1. The molecule has 2 aromatic carbocycles. The smallest absolute Gasteiger partial charge is 0.246 e. The summed E-state index contributed by atoms with van der Waals surface area (Å²) in [5, 5.41) is 6.54. The molecule has 1 N–H and O–H groups in total. The van der Waals surface area contributed by atoms with E-state index < -0.39 is 15.9 Å². The highest BCUT2D eigenvalue weighted by molar-refractivity contribution is 7.88. The summed E-state index contributed by atoms with van der Waals surface area (Å²) in [7, 11) is -3.56. The maximum Gasteiger partial charge on any atom is 0.246 e. The van der Waals surface area contributed by atoms with Crippen LogP contribution >= 0.6 is 0 Å². The number of hydrogen-bond acceptors (Lipinski definition) is 6. The third-order valence-corrected chi connectivity index (χ3v) is 5.37. The molecule has 1 aromatic heterocycles. The van der Waals surface area contributed by atoms with Gasteiger partial charge in [0.1, 0.15) is 0 Å². The maximum atomic E-state index is 12.3. The molecule has 8 nitrogen and oxygen atoms in total. The van der Waals surface area contributed by atoms with Crippen molar-refractivity contribution < 1.29 is 17.7 Å². The van der Waals surface area contributed by atoms with Gasteiger partial charge in [-0.25, -0.2) is 8.42 Å². The minimum Gasteiger partial charge on any atom is -0.346 e. The average Bonchev–Trinajstić information content (AvgIpc) is 3.15. The van der Waals surface area contributed by atoms with E-state index in [-0.39, 0.29) is 25.5 Å². The molecule has 0 spiro atoms. The molecule has 0 aliphatic carbocycles. The van der Waals surface area contributed by atoms with Crippen molar-refractivity contribution in [1.29, 1.82) is 0 Å². The average molecular weight is 414 g/mol. The van der Waals surface area contributed by atoms with Crippen molar-refractivity contribution in [2.75, 3.05) is 12.8 Å². The van der Waals surface area contributed by atoms with Crippen molar-refractivity contribution in [3.05, 3.63) is 71.6 Å². The van der Waals surface area contributed by atoms with Gasteiger partial charge in [-0.05, 0) is 18.6 Å². The summed E-state index contributed by atoms with van der Waals surface area (Å²) in [4.78, 5) is 16.5. The summed E-state index contributed by atoms with van der Waals surface area (Å²) < 4.78 is 30.4. The van der Waals surface area contributed by atoms with E-state index in [1.807, 2.05) is 49.4 Å². The molecule has 0 unspecified atom stereocenters. The second-order valence-electron chi connectivity index (χ2n) is 6.67. The molecule has 0 radical (unpaired) electrons. The number of amides is 1. The van der Waals surface area contributed by atoms with Gasteiger partial charge in [0.25, 0.3) is 0 Å². The van der Waals surface area contributed by atoms with Crippen molar-refractivity contribution in [3.8, 4) is 11.4 Å². The van der Waals surface area contributed by atoms with Crippen molar-refractivity contribution in [3.63, 3.8) is 0 Å². The Kier molecular flexibility index (Phi) is 6.40. The number of rotatable bonds is 8. The maximum absolute atomic E-state index is 12.3. The van der Waals surface area contributed by atoms with Crippen LogP contribution in [0.3, 0.4) is 0 Å². The lowest BCUT2D eigenvalue weighted by Gasteiger charge is -2.19. The van der Waals surface area contributed by atoms with Gasteiger partial charge in [0, 0.05) is 12.1 Å². The largest absolute Gasteiger partial charge is 0.346 e. The molecular weight excluding hydrogens is 392 g/mol. The Hall–Kier alpha value is -3.04. The van der Waals surface area contributed by atoms with Crippen molar-refractivity contribution >= 4 is 15.9 Å². The standard InChI is InChI=1S/C20H22N4O4S/c1-15-7-6-10-17(11-15)20-22-19(28-23-20)12-21-18(25)14-24(29(2,26)27)13-16-8-4-3-5-9-16/h3-11H,12-14H2,1-2H3,(H,21,25). The molecule has 0 bridgehead atoms. The first-order chi connectivity index (χ1) is 13.8. The van der Waals surface area contributed by atoms with Crippen LogP contribution in [0.1, 0.15) is 17.0 Å². The molecule has 0 atom stereocenters. The third kappa shape index (κ3) is 5.97. The van der Waals surface area contributed by atoms with Crippen LogP contribution in [0.2, 0.25) is 0 Å². The molecule has 1 amide bonds. The van der Waals surface area contributed by atoms with E-state index in [9.17, 15) is 13.2 Å². The zero-order chi connectivity index (χ0) is 20.9. The van der Waals surface area contributed by atoms with Gasteiger partial charge in [-0.3, -0.25) is 4.79 Å². The van der Waals surface area contributed by atoms with Crippen LogP contribution in [0.4, 0.5) is 0 Å². The Morgan fingerprint density at radius 1 is 1.14 bits per heavy atom. The predicted octanol–water partition coefficient (Wildman–Crippen LogP) is 2.12. The minimum absolute atomic E-state index is 0.0145. The lowest BCUT2D eigenvalue weighted by atomic mass is 10.1. The normalized spacial score (nSPS) is 11.6. The van der Waals surface area contributed by atoms with Crippen LogP contribution in [0.25, 0.3) is 11.4 Å². The summed E-state index contributed by atoms with van der Waals surface area (Å²) in [5.74, 6) is 0.213. The van der Waals surface area contributed by atoms with Gasteiger partial charge in [-0.1, -0.05) is 59.3 Å². The molecule has 0 saturated carbocycles. The number of nitrogens with zero attached hydrogens (tertiary/aromatic N) is 3. The van der Waals surface area contributed by atoms with Crippen LogP contribution in [0.5, 0.6) is 0 Å². The Balaban J connectivity index is 1.59. The first kappa shape index (κ1) is 20.7. The minimum atomic E-state index is -3.56. The summed E-state index contributed by atoms with van der Waals surface area (Å²) in [6.45, 7) is 1.80. The van der Waals surface area contributed by atoms with Gasteiger partial charge >= 0.3 is 0 Å². The van der Waals surface area contributed by atoms with Gasteiger partial charge in [-0.15, -0.1) is 0 Å². The van der Waals surface area contributed by atoms with Crippen LogP contribution in [-0.4, -0.2) is 41.6 Å². The number of benzene rings is 2. The molecule has 0 aliphatic heterocycles.